The third-order valence-electron chi connectivity index (χ3n) is 2.06. The van der Waals surface area contributed by atoms with Crippen molar-refractivity contribution >= 4 is 38.4 Å². The van der Waals surface area contributed by atoms with Gasteiger partial charge in [-0.3, -0.25) is 4.98 Å². The molecule has 6 heteroatoms. The Morgan fingerprint density at radius 2 is 1.94 bits per heavy atom. The van der Waals surface area contributed by atoms with Crippen LogP contribution in [-0.2, 0) is 6.18 Å². The number of halogens is 5. The Labute approximate surface area is 102 Å². The Bertz CT molecular complexity index is 553. The van der Waals surface area contributed by atoms with E-state index in [0.29, 0.717) is 4.47 Å². The van der Waals surface area contributed by atoms with Gasteiger partial charge in [0.15, 0.2) is 0 Å². The lowest BCUT2D eigenvalue weighted by Crippen LogP contribution is -2.06. The second-order valence-corrected chi connectivity index (χ2v) is 4.46. The van der Waals surface area contributed by atoms with Gasteiger partial charge in [-0.15, -0.1) is 0 Å². The molecule has 1 heterocycles. The highest BCUT2D eigenvalue weighted by molar-refractivity contribution is 9.10. The average Bonchev–Trinajstić information content (AvgIpc) is 2.17. The van der Waals surface area contributed by atoms with E-state index in [1.807, 2.05) is 0 Å². The van der Waals surface area contributed by atoms with Gasteiger partial charge in [0.25, 0.3) is 0 Å². The lowest BCUT2D eigenvalue weighted by Gasteiger charge is -2.10. The molecule has 0 saturated heterocycles. The first-order valence-corrected chi connectivity index (χ1v) is 5.37. The van der Waals surface area contributed by atoms with Crippen molar-refractivity contribution in [2.45, 2.75) is 6.18 Å². The number of alkyl halides is 3. The molecule has 84 valence electrons. The molecule has 0 aliphatic rings. The lowest BCUT2D eigenvalue weighted by atomic mass is 10.1. The molecule has 16 heavy (non-hydrogen) atoms. The van der Waals surface area contributed by atoms with Crippen molar-refractivity contribution in [3.63, 3.8) is 0 Å². The predicted octanol–water partition coefficient (Wildman–Crippen LogP) is 4.67. The summed E-state index contributed by atoms with van der Waals surface area (Å²) >= 11 is 8.85. The molecule has 0 fully saturated rings. The van der Waals surface area contributed by atoms with Gasteiger partial charge in [0.1, 0.15) is 0 Å². The summed E-state index contributed by atoms with van der Waals surface area (Å²) < 4.78 is 38.5. The van der Waals surface area contributed by atoms with Crippen LogP contribution in [0.5, 0.6) is 0 Å². The van der Waals surface area contributed by atoms with Gasteiger partial charge in [0.05, 0.1) is 16.1 Å². The Hall–Kier alpha value is -0.810. The summed E-state index contributed by atoms with van der Waals surface area (Å²) in [6, 6.07) is 3.96. The molecular formula is C10H4BrClF3N. The third-order valence-corrected chi connectivity index (χ3v) is 2.85. The number of benzene rings is 1. The maximum atomic E-state index is 12.7. The summed E-state index contributed by atoms with van der Waals surface area (Å²) in [4.78, 5) is 3.72. The molecule has 0 aliphatic heterocycles. The van der Waals surface area contributed by atoms with E-state index in [1.165, 1.54) is 18.3 Å². The van der Waals surface area contributed by atoms with Gasteiger partial charge in [-0.05, 0) is 18.2 Å². The van der Waals surface area contributed by atoms with Crippen LogP contribution >= 0.6 is 27.5 Å². The maximum absolute atomic E-state index is 12.7. The van der Waals surface area contributed by atoms with E-state index in [0.717, 1.165) is 6.07 Å². The van der Waals surface area contributed by atoms with Crippen molar-refractivity contribution in [2.75, 3.05) is 0 Å². The van der Waals surface area contributed by atoms with Gasteiger partial charge in [0, 0.05) is 16.1 Å². The molecule has 1 nitrogen and oxygen atoms in total. The Kier molecular flexibility index (Phi) is 2.84. The minimum atomic E-state index is -4.44. The van der Waals surface area contributed by atoms with Crippen molar-refractivity contribution in [1.29, 1.82) is 0 Å². The van der Waals surface area contributed by atoms with Crippen LogP contribution in [0.3, 0.4) is 0 Å². The first-order chi connectivity index (χ1) is 7.39. The standard InChI is InChI=1S/C10H4BrClF3N/c11-5-3-6-8(12)1-2-16-9(6)7(4-5)10(13,14)15/h1-4H. The first-order valence-electron chi connectivity index (χ1n) is 4.20. The summed E-state index contributed by atoms with van der Waals surface area (Å²) in [5, 5.41) is 0.530. The summed E-state index contributed by atoms with van der Waals surface area (Å²) in [6.45, 7) is 0. The number of aromatic nitrogens is 1. The Morgan fingerprint density at radius 1 is 1.25 bits per heavy atom. The molecule has 2 rings (SSSR count). The number of hydrogen-bond donors (Lipinski definition) is 0. The van der Waals surface area contributed by atoms with Crippen LogP contribution < -0.4 is 0 Å². The van der Waals surface area contributed by atoms with Crippen LogP contribution in [0.2, 0.25) is 5.02 Å². The predicted molar refractivity (Wildman–Crippen MR) is 59.5 cm³/mol. The Balaban J connectivity index is 2.89. The molecule has 0 N–H and O–H groups in total. The number of rotatable bonds is 0. The smallest absolute Gasteiger partial charge is 0.256 e. The van der Waals surface area contributed by atoms with Gasteiger partial charge < -0.3 is 0 Å². The highest BCUT2D eigenvalue weighted by atomic mass is 79.9. The molecule has 0 saturated carbocycles. The van der Waals surface area contributed by atoms with Gasteiger partial charge in [-0.2, -0.15) is 13.2 Å². The van der Waals surface area contributed by atoms with Crippen LogP contribution in [0.1, 0.15) is 5.56 Å². The second-order valence-electron chi connectivity index (χ2n) is 3.14. The summed E-state index contributed by atoms with van der Waals surface area (Å²) in [5.74, 6) is 0. The van der Waals surface area contributed by atoms with Gasteiger partial charge in [-0.25, -0.2) is 0 Å². The second kappa shape index (κ2) is 3.89. The SMILES string of the molecule is FC(F)(F)c1cc(Br)cc2c(Cl)ccnc12. The van der Waals surface area contributed by atoms with E-state index in [-0.39, 0.29) is 15.9 Å². The van der Waals surface area contributed by atoms with Crippen LogP contribution in [0.4, 0.5) is 13.2 Å². The topological polar surface area (TPSA) is 12.9 Å². The number of nitrogens with zero attached hydrogens (tertiary/aromatic N) is 1. The molecule has 1 aromatic heterocycles. The average molecular weight is 310 g/mol. The molecule has 0 aliphatic carbocycles. The first kappa shape index (κ1) is 11.7. The van der Waals surface area contributed by atoms with Crippen molar-refractivity contribution in [2.24, 2.45) is 0 Å². The molecule has 0 amide bonds. The minimum absolute atomic E-state index is 0.136. The number of fused-ring (bicyclic) bond motifs is 1. The zero-order valence-electron chi connectivity index (χ0n) is 7.65. The molecule has 0 spiro atoms. The van der Waals surface area contributed by atoms with Crippen molar-refractivity contribution in [1.82, 2.24) is 4.98 Å². The van der Waals surface area contributed by atoms with Gasteiger partial charge in [0.2, 0.25) is 0 Å². The van der Waals surface area contributed by atoms with Crippen LogP contribution in [-0.4, -0.2) is 4.98 Å². The molecule has 0 atom stereocenters. The zero-order valence-corrected chi connectivity index (χ0v) is 9.99. The van der Waals surface area contributed by atoms with Gasteiger partial charge >= 0.3 is 6.18 Å². The van der Waals surface area contributed by atoms with E-state index in [4.69, 9.17) is 11.6 Å². The maximum Gasteiger partial charge on any atom is 0.418 e. The largest absolute Gasteiger partial charge is 0.418 e. The van der Waals surface area contributed by atoms with E-state index in [9.17, 15) is 13.2 Å². The normalized spacial score (nSPS) is 12.1. The van der Waals surface area contributed by atoms with Crippen molar-refractivity contribution in [3.8, 4) is 0 Å². The molecule has 0 bridgehead atoms. The van der Waals surface area contributed by atoms with Crippen LogP contribution in [0.15, 0.2) is 28.9 Å². The highest BCUT2D eigenvalue weighted by Gasteiger charge is 2.33. The highest BCUT2D eigenvalue weighted by Crippen LogP contribution is 2.37. The summed E-state index contributed by atoms with van der Waals surface area (Å²) in [6.07, 6.45) is -3.19. The summed E-state index contributed by atoms with van der Waals surface area (Å²) in [5.41, 5.74) is -0.928. The van der Waals surface area contributed by atoms with E-state index in [1.54, 1.807) is 0 Å². The fraction of sp³-hybridized carbons (Fsp3) is 0.100. The van der Waals surface area contributed by atoms with E-state index in [2.05, 4.69) is 20.9 Å². The van der Waals surface area contributed by atoms with Crippen LogP contribution in [0.25, 0.3) is 10.9 Å². The number of hydrogen-bond acceptors (Lipinski definition) is 1. The quantitative estimate of drug-likeness (QED) is 0.689. The number of pyridine rings is 1. The molecule has 0 unspecified atom stereocenters. The molecular weight excluding hydrogens is 306 g/mol. The summed E-state index contributed by atoms with van der Waals surface area (Å²) in [7, 11) is 0. The Morgan fingerprint density at radius 3 is 2.56 bits per heavy atom. The fourth-order valence-electron chi connectivity index (χ4n) is 1.40. The molecule has 0 radical (unpaired) electrons. The molecule has 1 aromatic carbocycles. The van der Waals surface area contributed by atoms with E-state index < -0.39 is 11.7 Å². The van der Waals surface area contributed by atoms with Gasteiger partial charge in [-0.1, -0.05) is 27.5 Å². The molecule has 2 aromatic rings. The third kappa shape index (κ3) is 2.01. The monoisotopic (exact) mass is 309 g/mol. The van der Waals surface area contributed by atoms with Crippen molar-refractivity contribution < 1.29 is 13.2 Å². The van der Waals surface area contributed by atoms with Crippen molar-refractivity contribution in [3.05, 3.63) is 39.5 Å². The lowest BCUT2D eigenvalue weighted by molar-refractivity contribution is -0.136. The fourth-order valence-corrected chi connectivity index (χ4v) is 2.06. The zero-order chi connectivity index (χ0) is 11.9. The minimum Gasteiger partial charge on any atom is -0.256 e. The van der Waals surface area contributed by atoms with Crippen LogP contribution in [0, 0.1) is 0 Å². The van der Waals surface area contributed by atoms with E-state index >= 15 is 0 Å².